The second-order valence-electron chi connectivity index (χ2n) is 6.79. The lowest BCUT2D eigenvalue weighted by Crippen LogP contribution is -2.49. The number of sulfonamides is 1. The highest BCUT2D eigenvalue weighted by atomic mass is 32.2. The monoisotopic (exact) mass is 390 g/mol. The average Bonchev–Trinajstić information content (AvgIpc) is 3.07. The largest absolute Gasteiger partial charge is 0.422 e. The van der Waals surface area contributed by atoms with E-state index < -0.39 is 15.6 Å². The minimum absolute atomic E-state index is 0.195. The Morgan fingerprint density at radius 3 is 2.59 bits per heavy atom. The number of fused-ring (bicyclic) bond motifs is 3. The molecule has 4 rings (SSSR count). The zero-order chi connectivity index (χ0) is 19.0. The van der Waals surface area contributed by atoms with E-state index >= 15 is 0 Å². The minimum Gasteiger partial charge on any atom is -0.422 e. The summed E-state index contributed by atoms with van der Waals surface area (Å²) in [6.07, 6.45) is 2.33. The molecule has 0 amide bonds. The first-order valence-corrected chi connectivity index (χ1v) is 10.7. The predicted octanol–water partition coefficient (Wildman–Crippen LogP) is 1.46. The summed E-state index contributed by atoms with van der Waals surface area (Å²) >= 11 is 0. The van der Waals surface area contributed by atoms with Gasteiger partial charge >= 0.3 is 5.63 Å². The van der Waals surface area contributed by atoms with Crippen molar-refractivity contribution < 1.29 is 12.8 Å². The molecule has 0 aliphatic carbocycles. The Bertz CT molecular complexity index is 1130. The number of benzene rings is 1. The van der Waals surface area contributed by atoms with Crippen molar-refractivity contribution in [3.8, 4) is 0 Å². The van der Waals surface area contributed by atoms with E-state index in [-0.39, 0.29) is 5.75 Å². The van der Waals surface area contributed by atoms with E-state index in [1.807, 2.05) is 25.1 Å². The summed E-state index contributed by atoms with van der Waals surface area (Å²) in [4.78, 5) is 14.3. The summed E-state index contributed by atoms with van der Waals surface area (Å²) < 4.78 is 33.0. The molecular formula is C18H22N4O4S. The normalized spacial score (nSPS) is 17.1. The molecule has 0 N–H and O–H groups in total. The Morgan fingerprint density at radius 1 is 1.11 bits per heavy atom. The van der Waals surface area contributed by atoms with Crippen molar-refractivity contribution in [3.63, 3.8) is 0 Å². The number of piperazine rings is 1. The van der Waals surface area contributed by atoms with Gasteiger partial charge in [-0.1, -0.05) is 19.1 Å². The molecule has 1 saturated heterocycles. The highest BCUT2D eigenvalue weighted by Gasteiger charge is 2.26. The molecule has 2 aromatic heterocycles. The van der Waals surface area contributed by atoms with Gasteiger partial charge in [0.1, 0.15) is 16.5 Å². The van der Waals surface area contributed by atoms with Gasteiger partial charge in [0, 0.05) is 37.8 Å². The Morgan fingerprint density at radius 2 is 1.85 bits per heavy atom. The number of nitrogens with zero attached hydrogens (tertiary/aromatic N) is 4. The molecule has 1 aliphatic heterocycles. The molecule has 0 saturated carbocycles. The third-order valence-corrected chi connectivity index (χ3v) is 6.93. The van der Waals surface area contributed by atoms with Gasteiger partial charge in [0.15, 0.2) is 0 Å². The standard InChI is InChI=1S/C18H22N4O4S/c1-2-11-27(24,25)22-9-7-20(8-10-22)13-21-12-15-17(19-21)14-5-3-4-6-16(14)26-18(15)23/h3-6,12H,2,7-11,13H2,1H3. The Labute approximate surface area is 157 Å². The van der Waals surface area contributed by atoms with E-state index in [1.165, 1.54) is 0 Å². The van der Waals surface area contributed by atoms with Crippen molar-refractivity contribution in [3.05, 3.63) is 40.9 Å². The molecule has 1 aliphatic rings. The summed E-state index contributed by atoms with van der Waals surface area (Å²) in [5, 5.41) is 5.84. The molecule has 144 valence electrons. The molecule has 9 heteroatoms. The lowest BCUT2D eigenvalue weighted by Gasteiger charge is -2.33. The first-order valence-electron chi connectivity index (χ1n) is 9.07. The minimum atomic E-state index is -3.15. The SMILES string of the molecule is CCCS(=O)(=O)N1CCN(Cn2cc3c(=O)oc4ccccc4c3n2)CC1. The van der Waals surface area contributed by atoms with Crippen LogP contribution in [-0.4, -0.2) is 59.3 Å². The topological polar surface area (TPSA) is 88.7 Å². The van der Waals surface area contributed by atoms with Gasteiger partial charge in [-0.25, -0.2) is 13.2 Å². The fourth-order valence-electron chi connectivity index (χ4n) is 3.49. The highest BCUT2D eigenvalue weighted by molar-refractivity contribution is 7.89. The number of aromatic nitrogens is 2. The average molecular weight is 390 g/mol. The van der Waals surface area contributed by atoms with Gasteiger partial charge < -0.3 is 4.42 Å². The Kier molecular flexibility index (Phi) is 4.75. The van der Waals surface area contributed by atoms with E-state index in [2.05, 4.69) is 10.00 Å². The summed E-state index contributed by atoms with van der Waals surface area (Å²) in [5.41, 5.74) is 0.756. The quantitative estimate of drug-likeness (QED) is 0.613. The lowest BCUT2D eigenvalue weighted by atomic mass is 10.2. The molecule has 0 radical (unpaired) electrons. The molecule has 1 fully saturated rings. The van der Waals surface area contributed by atoms with Crippen LogP contribution in [0.1, 0.15) is 13.3 Å². The second-order valence-corrected chi connectivity index (χ2v) is 8.88. The molecule has 0 atom stereocenters. The van der Waals surface area contributed by atoms with E-state index in [9.17, 15) is 13.2 Å². The van der Waals surface area contributed by atoms with Crippen LogP contribution in [0.5, 0.6) is 0 Å². The van der Waals surface area contributed by atoms with Crippen LogP contribution in [0.2, 0.25) is 0 Å². The Hall–Kier alpha value is -2.23. The molecule has 3 heterocycles. The zero-order valence-corrected chi connectivity index (χ0v) is 16.0. The fourth-order valence-corrected chi connectivity index (χ4v) is 4.98. The van der Waals surface area contributed by atoms with Crippen molar-refractivity contribution in [2.45, 2.75) is 20.0 Å². The van der Waals surface area contributed by atoms with E-state index in [0.717, 1.165) is 5.39 Å². The summed E-state index contributed by atoms with van der Waals surface area (Å²) in [7, 11) is -3.15. The molecule has 0 spiro atoms. The first kappa shape index (κ1) is 18.1. The number of hydrogen-bond donors (Lipinski definition) is 0. The number of hydrogen-bond acceptors (Lipinski definition) is 6. The number of para-hydroxylation sites is 1. The zero-order valence-electron chi connectivity index (χ0n) is 15.2. The van der Waals surface area contributed by atoms with Crippen LogP contribution in [0.4, 0.5) is 0 Å². The maximum atomic E-state index is 12.2. The van der Waals surface area contributed by atoms with Crippen molar-refractivity contribution in [1.29, 1.82) is 0 Å². The third-order valence-electron chi connectivity index (χ3n) is 4.86. The van der Waals surface area contributed by atoms with Crippen molar-refractivity contribution in [1.82, 2.24) is 19.0 Å². The van der Waals surface area contributed by atoms with Gasteiger partial charge in [0.05, 0.1) is 12.4 Å². The van der Waals surface area contributed by atoms with Crippen LogP contribution in [0.15, 0.2) is 39.7 Å². The van der Waals surface area contributed by atoms with Gasteiger partial charge in [-0.05, 0) is 18.6 Å². The number of rotatable bonds is 5. The van der Waals surface area contributed by atoms with Crippen LogP contribution in [0.3, 0.4) is 0 Å². The third kappa shape index (κ3) is 3.50. The van der Waals surface area contributed by atoms with Crippen LogP contribution in [0, 0.1) is 0 Å². The van der Waals surface area contributed by atoms with Crippen molar-refractivity contribution >= 4 is 31.9 Å². The van der Waals surface area contributed by atoms with Crippen LogP contribution in [-0.2, 0) is 16.7 Å². The van der Waals surface area contributed by atoms with Crippen LogP contribution >= 0.6 is 0 Å². The van der Waals surface area contributed by atoms with Crippen molar-refractivity contribution in [2.75, 3.05) is 31.9 Å². The van der Waals surface area contributed by atoms with Crippen molar-refractivity contribution in [2.24, 2.45) is 0 Å². The molecule has 27 heavy (non-hydrogen) atoms. The fraction of sp³-hybridized carbons (Fsp3) is 0.444. The highest BCUT2D eigenvalue weighted by Crippen LogP contribution is 2.21. The van der Waals surface area contributed by atoms with E-state index in [1.54, 1.807) is 21.3 Å². The maximum absolute atomic E-state index is 12.2. The van der Waals surface area contributed by atoms with E-state index in [0.29, 0.717) is 55.8 Å². The van der Waals surface area contributed by atoms with Gasteiger partial charge in [-0.15, -0.1) is 0 Å². The predicted molar refractivity (Wildman–Crippen MR) is 103 cm³/mol. The lowest BCUT2D eigenvalue weighted by molar-refractivity contribution is 0.146. The van der Waals surface area contributed by atoms with E-state index in [4.69, 9.17) is 4.42 Å². The molecule has 1 aromatic carbocycles. The molecule has 0 unspecified atom stereocenters. The van der Waals surface area contributed by atoms with Gasteiger partial charge in [-0.2, -0.15) is 9.40 Å². The smallest absolute Gasteiger partial charge is 0.347 e. The molecule has 3 aromatic rings. The summed E-state index contributed by atoms with van der Waals surface area (Å²) in [5.74, 6) is 0.195. The van der Waals surface area contributed by atoms with Crippen LogP contribution in [0.25, 0.3) is 21.9 Å². The molecule has 8 nitrogen and oxygen atoms in total. The van der Waals surface area contributed by atoms with Gasteiger partial charge in [-0.3, -0.25) is 9.58 Å². The maximum Gasteiger partial charge on any atom is 0.347 e. The first-order chi connectivity index (χ1) is 13.0. The molecule has 0 bridgehead atoms. The van der Waals surface area contributed by atoms with Crippen LogP contribution < -0.4 is 5.63 Å². The van der Waals surface area contributed by atoms with Gasteiger partial charge in [0.2, 0.25) is 10.0 Å². The second kappa shape index (κ2) is 7.06. The Balaban J connectivity index is 1.53. The summed E-state index contributed by atoms with van der Waals surface area (Å²) in [6, 6.07) is 7.34. The summed E-state index contributed by atoms with van der Waals surface area (Å²) in [6.45, 7) is 4.60. The van der Waals surface area contributed by atoms with Gasteiger partial charge in [0.25, 0.3) is 0 Å². The molecular weight excluding hydrogens is 368 g/mol.